The van der Waals surface area contributed by atoms with Gasteiger partial charge in [-0.25, -0.2) is 0 Å². The highest BCUT2D eigenvalue weighted by Crippen LogP contribution is 2.27. The highest BCUT2D eigenvalue weighted by molar-refractivity contribution is 6.30. The number of hydrogen-bond acceptors (Lipinski definition) is 3. The molecule has 0 saturated carbocycles. The fraction of sp³-hybridized carbons (Fsp3) is 0.429. The average Bonchev–Trinajstić information content (AvgIpc) is 2.31. The lowest BCUT2D eigenvalue weighted by atomic mass is 9.97. The molecule has 1 aromatic carbocycles. The van der Waals surface area contributed by atoms with Gasteiger partial charge in [0.15, 0.2) is 5.78 Å². The summed E-state index contributed by atoms with van der Waals surface area (Å²) in [6.07, 6.45) is 0.203. The van der Waals surface area contributed by atoms with Crippen LogP contribution in [0.1, 0.15) is 35.9 Å². The molecule has 0 aromatic heterocycles. The maximum Gasteiger partial charge on any atom is 0.310 e. The Morgan fingerprint density at radius 1 is 1.39 bits per heavy atom. The van der Waals surface area contributed by atoms with E-state index in [0.717, 1.165) is 16.7 Å². The molecule has 0 bridgehead atoms. The van der Waals surface area contributed by atoms with E-state index in [0.29, 0.717) is 6.61 Å². The van der Waals surface area contributed by atoms with E-state index in [4.69, 9.17) is 16.3 Å². The van der Waals surface area contributed by atoms with Gasteiger partial charge in [-0.3, -0.25) is 9.59 Å². The van der Waals surface area contributed by atoms with Crippen LogP contribution in [0.2, 0.25) is 0 Å². The van der Waals surface area contributed by atoms with Gasteiger partial charge in [-0.2, -0.15) is 0 Å². The van der Waals surface area contributed by atoms with Crippen molar-refractivity contribution in [1.82, 2.24) is 0 Å². The lowest BCUT2D eigenvalue weighted by molar-refractivity contribution is -0.142. The van der Waals surface area contributed by atoms with Gasteiger partial charge in [0.05, 0.1) is 13.0 Å². The summed E-state index contributed by atoms with van der Waals surface area (Å²) in [7, 11) is 0. The molecule has 0 spiro atoms. The van der Waals surface area contributed by atoms with Gasteiger partial charge in [0, 0.05) is 0 Å². The zero-order chi connectivity index (χ0) is 13.7. The third-order valence-electron chi connectivity index (χ3n) is 2.76. The van der Waals surface area contributed by atoms with Crippen molar-refractivity contribution in [2.24, 2.45) is 0 Å². The maximum atomic E-state index is 11.5. The zero-order valence-electron chi connectivity index (χ0n) is 10.8. The first-order valence-electron chi connectivity index (χ1n) is 5.85. The van der Waals surface area contributed by atoms with Gasteiger partial charge in [-0.1, -0.05) is 18.2 Å². The zero-order valence-corrected chi connectivity index (χ0v) is 11.6. The molecule has 1 unspecified atom stereocenters. The van der Waals surface area contributed by atoms with E-state index in [-0.39, 0.29) is 18.2 Å². The lowest BCUT2D eigenvalue weighted by Gasteiger charge is -2.13. The first kappa shape index (κ1) is 14.7. The number of ether oxygens (including phenoxy) is 1. The van der Waals surface area contributed by atoms with E-state index in [1.807, 2.05) is 19.1 Å². The Morgan fingerprint density at radius 2 is 2.06 bits per heavy atom. The molecule has 0 saturated heterocycles. The highest BCUT2D eigenvalue weighted by atomic mass is 35.5. The number of esters is 1. The van der Waals surface area contributed by atoms with E-state index >= 15 is 0 Å². The van der Waals surface area contributed by atoms with Gasteiger partial charge in [-0.05, 0) is 37.5 Å². The fourth-order valence-electron chi connectivity index (χ4n) is 1.76. The number of Topliss-reactive ketones (excluding diaryl/α,β-unsaturated/α-hetero) is 1. The maximum absolute atomic E-state index is 11.5. The van der Waals surface area contributed by atoms with Crippen LogP contribution in [0.15, 0.2) is 18.2 Å². The van der Waals surface area contributed by atoms with Crippen LogP contribution in [0.5, 0.6) is 0 Å². The Labute approximate surface area is 112 Å². The minimum Gasteiger partial charge on any atom is -0.466 e. The van der Waals surface area contributed by atoms with Crippen molar-refractivity contribution in [2.75, 3.05) is 6.61 Å². The van der Waals surface area contributed by atoms with Crippen molar-refractivity contribution >= 4 is 23.4 Å². The Hall–Kier alpha value is -1.35. The Bertz CT molecular complexity index is 454. The number of alkyl halides is 1. The van der Waals surface area contributed by atoms with E-state index in [2.05, 4.69) is 0 Å². The number of hydrogen-bond donors (Lipinski definition) is 0. The number of rotatable bonds is 5. The van der Waals surface area contributed by atoms with Crippen molar-refractivity contribution in [3.05, 3.63) is 34.9 Å². The van der Waals surface area contributed by atoms with Gasteiger partial charge in [0.2, 0.25) is 0 Å². The van der Waals surface area contributed by atoms with Gasteiger partial charge in [0.1, 0.15) is 5.38 Å². The van der Waals surface area contributed by atoms with E-state index in [1.165, 1.54) is 6.92 Å². The summed E-state index contributed by atoms with van der Waals surface area (Å²) in [4.78, 5) is 22.8. The summed E-state index contributed by atoms with van der Waals surface area (Å²) in [6, 6.07) is 5.46. The molecule has 98 valence electrons. The first-order valence-corrected chi connectivity index (χ1v) is 6.29. The van der Waals surface area contributed by atoms with Crippen molar-refractivity contribution < 1.29 is 14.3 Å². The number of carbonyl (C=O) groups excluding carboxylic acids is 2. The third-order valence-corrected chi connectivity index (χ3v) is 3.30. The summed E-state index contributed by atoms with van der Waals surface area (Å²) in [5.41, 5.74) is 2.48. The molecule has 0 aliphatic heterocycles. The number of halogens is 1. The molecule has 0 radical (unpaired) electrons. The third kappa shape index (κ3) is 3.57. The second-order valence-corrected chi connectivity index (χ2v) is 4.52. The van der Waals surface area contributed by atoms with Crippen LogP contribution in [0.4, 0.5) is 0 Å². The standard InChI is InChI=1S/C14H17ClO3/c1-4-18-13(17)8-11-6-5-7-12(9(11)2)14(15)10(3)16/h5-7,14H,4,8H2,1-3H3. The smallest absolute Gasteiger partial charge is 0.310 e. The molecular formula is C14H17ClO3. The molecule has 3 nitrogen and oxygen atoms in total. The van der Waals surface area contributed by atoms with Crippen LogP contribution >= 0.6 is 11.6 Å². The Kier molecular flexibility index (Phi) is 5.35. The van der Waals surface area contributed by atoms with Crippen LogP contribution in [-0.4, -0.2) is 18.4 Å². The van der Waals surface area contributed by atoms with E-state index in [1.54, 1.807) is 13.0 Å². The van der Waals surface area contributed by atoms with Crippen LogP contribution in [0.3, 0.4) is 0 Å². The molecule has 0 amide bonds. The largest absolute Gasteiger partial charge is 0.466 e. The van der Waals surface area contributed by atoms with Crippen molar-refractivity contribution in [3.8, 4) is 0 Å². The van der Waals surface area contributed by atoms with Gasteiger partial charge in [0.25, 0.3) is 0 Å². The molecule has 18 heavy (non-hydrogen) atoms. The minimum absolute atomic E-state index is 0.104. The molecule has 0 fully saturated rings. The van der Waals surface area contributed by atoms with Gasteiger partial charge >= 0.3 is 5.97 Å². The SMILES string of the molecule is CCOC(=O)Cc1cccc(C(Cl)C(C)=O)c1C. The molecular weight excluding hydrogens is 252 g/mol. The van der Waals surface area contributed by atoms with Gasteiger partial charge < -0.3 is 4.74 Å². The molecule has 0 aliphatic carbocycles. The predicted octanol–water partition coefficient (Wildman–Crippen LogP) is 2.97. The van der Waals surface area contributed by atoms with Crippen molar-refractivity contribution in [3.63, 3.8) is 0 Å². The van der Waals surface area contributed by atoms with E-state index < -0.39 is 5.38 Å². The first-order chi connectivity index (χ1) is 8.47. The quantitative estimate of drug-likeness (QED) is 0.609. The molecule has 1 rings (SSSR count). The summed E-state index contributed by atoms with van der Waals surface area (Å²) < 4.78 is 4.91. The second-order valence-electron chi connectivity index (χ2n) is 4.09. The van der Waals surface area contributed by atoms with Crippen molar-refractivity contribution in [1.29, 1.82) is 0 Å². The molecule has 1 aromatic rings. The van der Waals surface area contributed by atoms with Crippen LogP contribution in [0, 0.1) is 6.92 Å². The Morgan fingerprint density at radius 3 is 2.61 bits per heavy atom. The second kappa shape index (κ2) is 6.55. The van der Waals surface area contributed by atoms with E-state index in [9.17, 15) is 9.59 Å². The monoisotopic (exact) mass is 268 g/mol. The molecule has 4 heteroatoms. The number of ketones is 1. The topological polar surface area (TPSA) is 43.4 Å². The van der Waals surface area contributed by atoms with Gasteiger partial charge in [-0.15, -0.1) is 11.6 Å². The fourth-order valence-corrected chi connectivity index (χ4v) is 1.99. The molecule has 0 heterocycles. The van der Waals surface area contributed by atoms with Crippen molar-refractivity contribution in [2.45, 2.75) is 32.6 Å². The normalized spacial score (nSPS) is 12.0. The summed E-state index contributed by atoms with van der Waals surface area (Å²) >= 11 is 6.05. The lowest BCUT2D eigenvalue weighted by Crippen LogP contribution is -2.11. The summed E-state index contributed by atoms with van der Waals surface area (Å²) in [6.45, 7) is 5.45. The Balaban J connectivity index is 2.98. The average molecular weight is 269 g/mol. The van der Waals surface area contributed by atoms with Crippen LogP contribution < -0.4 is 0 Å². The minimum atomic E-state index is -0.660. The van der Waals surface area contributed by atoms with Crippen LogP contribution in [0.25, 0.3) is 0 Å². The van der Waals surface area contributed by atoms with Crippen LogP contribution in [-0.2, 0) is 20.7 Å². The molecule has 1 atom stereocenters. The summed E-state index contributed by atoms with van der Waals surface area (Å²) in [5, 5.41) is -0.660. The highest BCUT2D eigenvalue weighted by Gasteiger charge is 2.17. The number of carbonyl (C=O) groups is 2. The molecule has 0 N–H and O–H groups in total. The predicted molar refractivity (Wildman–Crippen MR) is 70.8 cm³/mol. The number of benzene rings is 1. The molecule has 0 aliphatic rings. The summed E-state index contributed by atoms with van der Waals surface area (Å²) in [5.74, 6) is -0.375.